The molecule has 0 spiro atoms. The molecule has 6 nitrogen and oxygen atoms in total. The normalized spacial score (nSPS) is 19.7. The van der Waals surface area contributed by atoms with Crippen LogP contribution in [-0.2, 0) is 34.1 Å². The molecule has 1 aromatic heterocycles. The molecule has 1 aromatic rings. The Morgan fingerprint density at radius 1 is 1.18 bits per heavy atom. The highest BCUT2D eigenvalue weighted by Crippen LogP contribution is 2.41. The Balaban J connectivity index is 2.41. The summed E-state index contributed by atoms with van der Waals surface area (Å²) in [6.45, 7) is 3.03. The summed E-state index contributed by atoms with van der Waals surface area (Å²) in [6, 6.07) is 0. The second-order valence-corrected chi connectivity index (χ2v) is 6.70. The number of nitrogens with zero attached hydrogens (tertiary/aromatic N) is 4. The number of rotatable bonds is 2. The summed E-state index contributed by atoms with van der Waals surface area (Å²) in [7, 11) is -2.20. The minimum Gasteiger partial charge on any atom is -0.389 e. The van der Waals surface area contributed by atoms with Crippen LogP contribution in [0.2, 0.25) is 0 Å². The van der Waals surface area contributed by atoms with E-state index in [0.717, 1.165) is 7.05 Å². The third kappa shape index (κ3) is 2.96. The van der Waals surface area contributed by atoms with Gasteiger partial charge in [0.05, 0.1) is 0 Å². The average Bonchev–Trinajstić information content (AvgIpc) is 2.91. The quantitative estimate of drug-likeness (QED) is 0.770. The van der Waals surface area contributed by atoms with Crippen molar-refractivity contribution in [1.82, 2.24) is 15.0 Å². The zero-order valence-corrected chi connectivity index (χ0v) is 12.4. The van der Waals surface area contributed by atoms with Crippen LogP contribution in [0, 0.1) is 0 Å². The predicted molar refractivity (Wildman–Crippen MR) is 65.3 cm³/mol. The fourth-order valence-electron chi connectivity index (χ4n) is 1.73. The highest BCUT2D eigenvalue weighted by Gasteiger charge is 2.54. The average molecular weight is 346 g/mol. The van der Waals surface area contributed by atoms with Crippen molar-refractivity contribution >= 4 is 15.8 Å². The molecule has 12 heteroatoms. The summed E-state index contributed by atoms with van der Waals surface area (Å²) < 4.78 is 78.6. The van der Waals surface area contributed by atoms with Crippen LogP contribution < -0.4 is 0 Å². The number of halogens is 5. The molecule has 0 N–H and O–H groups in total. The van der Waals surface area contributed by atoms with Gasteiger partial charge < -0.3 is 4.84 Å². The van der Waals surface area contributed by atoms with Gasteiger partial charge in [-0.3, -0.25) is 0 Å². The Labute approximate surface area is 123 Å². The summed E-state index contributed by atoms with van der Waals surface area (Å²) in [6.07, 6.45) is -5.35. The molecule has 1 aliphatic rings. The van der Waals surface area contributed by atoms with Crippen LogP contribution in [0.5, 0.6) is 0 Å². The molecule has 0 aliphatic carbocycles. The molecule has 22 heavy (non-hydrogen) atoms. The molecule has 0 bridgehead atoms. The van der Waals surface area contributed by atoms with Gasteiger partial charge in [-0.1, -0.05) is 5.16 Å². The zero-order valence-electron chi connectivity index (χ0n) is 11.6. The highest BCUT2D eigenvalue weighted by atomic mass is 32.2. The summed E-state index contributed by atoms with van der Waals surface area (Å²) in [5, 5.41) is 4.25. The van der Waals surface area contributed by atoms with Crippen molar-refractivity contribution < 1.29 is 31.0 Å². The smallest absolute Gasteiger partial charge is 0.389 e. The summed E-state index contributed by atoms with van der Waals surface area (Å²) in [4.78, 5) is 5.15. The number of alkyl halides is 5. The number of aryl methyl sites for hydroxylation is 1. The first-order chi connectivity index (χ1) is 9.84. The summed E-state index contributed by atoms with van der Waals surface area (Å²) >= 11 is 0. The molecular weight excluding hydrogens is 335 g/mol. The van der Waals surface area contributed by atoms with E-state index in [9.17, 15) is 26.2 Å². The van der Waals surface area contributed by atoms with E-state index in [4.69, 9.17) is 4.84 Å². The Morgan fingerprint density at radius 2 is 1.73 bits per heavy atom. The molecule has 2 heterocycles. The van der Waals surface area contributed by atoms with E-state index < -0.39 is 44.3 Å². The Kier molecular flexibility index (Phi) is 3.78. The van der Waals surface area contributed by atoms with Crippen molar-refractivity contribution in [2.45, 2.75) is 37.3 Å². The van der Waals surface area contributed by atoms with Crippen molar-refractivity contribution in [3.8, 4) is 0 Å². The first-order valence-electron chi connectivity index (χ1n) is 5.88. The Morgan fingerprint density at radius 3 is 2.18 bits per heavy atom. The lowest BCUT2D eigenvalue weighted by Gasteiger charge is -2.16. The highest BCUT2D eigenvalue weighted by molar-refractivity contribution is 8.01. The van der Waals surface area contributed by atoms with Gasteiger partial charge in [-0.05, 0) is 13.8 Å². The third-order valence-corrected chi connectivity index (χ3v) is 3.98. The van der Waals surface area contributed by atoms with Crippen LogP contribution >= 0.6 is 0 Å². The second-order valence-electron chi connectivity index (χ2n) is 5.18. The van der Waals surface area contributed by atoms with Gasteiger partial charge in [0.25, 0.3) is 0 Å². The van der Waals surface area contributed by atoms with E-state index in [1.54, 1.807) is 0 Å². The topological polar surface area (TPSA) is 69.4 Å². The molecule has 1 unspecified atom stereocenters. The van der Waals surface area contributed by atoms with Crippen LogP contribution in [0.3, 0.4) is 0 Å². The molecular formula is C10H11F5N4O2S. The molecule has 0 saturated carbocycles. The van der Waals surface area contributed by atoms with Crippen LogP contribution in [0.1, 0.15) is 31.7 Å². The van der Waals surface area contributed by atoms with Crippen LogP contribution in [0.25, 0.3) is 0 Å². The zero-order chi connectivity index (χ0) is 16.9. The van der Waals surface area contributed by atoms with Crippen LogP contribution in [0.4, 0.5) is 22.0 Å². The third-order valence-electron chi connectivity index (χ3n) is 2.68. The monoisotopic (exact) mass is 346 g/mol. The molecule has 0 saturated heterocycles. The largest absolute Gasteiger partial charge is 0.437 e. The van der Waals surface area contributed by atoms with Gasteiger partial charge in [0.1, 0.15) is 16.4 Å². The maximum Gasteiger partial charge on any atom is 0.437 e. The van der Waals surface area contributed by atoms with Crippen molar-refractivity contribution in [3.05, 3.63) is 11.4 Å². The van der Waals surface area contributed by atoms with Gasteiger partial charge in [-0.2, -0.15) is 31.8 Å². The number of aromatic nitrogens is 3. The SMILES string of the molecule is Cn1nc(C(F)(F)F)c(C(F)(F)S(=O)C2=NOC(C)(C)C2)n1. The van der Waals surface area contributed by atoms with Gasteiger partial charge in [-0.25, -0.2) is 4.21 Å². The standard InChI is InChI=1S/C10H11F5N4O2S/c1-8(2)4-5(18-21-8)22(20)10(14,15)7-6(9(11,12)13)16-19(3)17-7/h4H2,1-3H3. The maximum absolute atomic E-state index is 14.2. The van der Waals surface area contributed by atoms with E-state index >= 15 is 0 Å². The molecule has 0 fully saturated rings. The number of oxime groups is 1. The summed E-state index contributed by atoms with van der Waals surface area (Å²) in [5.41, 5.74) is -4.53. The lowest BCUT2D eigenvalue weighted by Crippen LogP contribution is -2.31. The Hall–Kier alpha value is -1.59. The van der Waals surface area contributed by atoms with E-state index in [1.165, 1.54) is 13.8 Å². The van der Waals surface area contributed by atoms with Gasteiger partial charge in [0.15, 0.2) is 16.4 Å². The Bertz CT molecular complexity index is 652. The van der Waals surface area contributed by atoms with Crippen molar-refractivity contribution in [2.75, 3.05) is 0 Å². The fraction of sp³-hybridized carbons (Fsp3) is 0.700. The molecule has 1 aliphatic heterocycles. The molecule has 124 valence electrons. The van der Waals surface area contributed by atoms with Gasteiger partial charge in [0, 0.05) is 13.5 Å². The van der Waals surface area contributed by atoms with Gasteiger partial charge >= 0.3 is 11.4 Å². The fourth-order valence-corrected chi connectivity index (χ4v) is 2.92. The number of hydrogen-bond acceptors (Lipinski definition) is 5. The lowest BCUT2D eigenvalue weighted by molar-refractivity contribution is -0.143. The minimum atomic E-state index is -5.15. The molecule has 0 amide bonds. The minimum absolute atomic E-state index is 0.198. The first-order valence-corrected chi connectivity index (χ1v) is 7.03. The van der Waals surface area contributed by atoms with Crippen molar-refractivity contribution in [3.63, 3.8) is 0 Å². The maximum atomic E-state index is 14.2. The lowest BCUT2D eigenvalue weighted by atomic mass is 10.1. The van der Waals surface area contributed by atoms with Crippen LogP contribution in [0.15, 0.2) is 5.16 Å². The molecule has 2 rings (SSSR count). The molecule has 0 aromatic carbocycles. The van der Waals surface area contributed by atoms with Gasteiger partial charge in [-0.15, -0.1) is 5.10 Å². The first kappa shape index (κ1) is 16.8. The summed E-state index contributed by atoms with van der Waals surface area (Å²) in [5.74, 6) is 0. The van der Waals surface area contributed by atoms with E-state index in [1.807, 2.05) is 0 Å². The van der Waals surface area contributed by atoms with Crippen LogP contribution in [-0.4, -0.2) is 29.8 Å². The molecule has 0 radical (unpaired) electrons. The number of hydrogen-bond donors (Lipinski definition) is 0. The molecule has 1 atom stereocenters. The van der Waals surface area contributed by atoms with E-state index in [0.29, 0.717) is 4.80 Å². The van der Waals surface area contributed by atoms with E-state index in [-0.39, 0.29) is 6.42 Å². The van der Waals surface area contributed by atoms with Gasteiger partial charge in [0.2, 0.25) is 0 Å². The van der Waals surface area contributed by atoms with Crippen molar-refractivity contribution in [2.24, 2.45) is 12.2 Å². The predicted octanol–water partition coefficient (Wildman–Crippen LogP) is 2.14. The van der Waals surface area contributed by atoms with E-state index in [2.05, 4.69) is 15.4 Å². The van der Waals surface area contributed by atoms with Crippen molar-refractivity contribution in [1.29, 1.82) is 0 Å². The second kappa shape index (κ2) is 4.96.